The third-order valence-electron chi connectivity index (χ3n) is 4.40. The van der Waals surface area contributed by atoms with E-state index in [1.54, 1.807) is 0 Å². The molecule has 2 N–H and O–H groups in total. The smallest absolute Gasteiger partial charge is 0.255 e. The van der Waals surface area contributed by atoms with Gasteiger partial charge in [0.05, 0.1) is 18.3 Å². The van der Waals surface area contributed by atoms with Crippen molar-refractivity contribution in [3.63, 3.8) is 0 Å². The van der Waals surface area contributed by atoms with E-state index in [9.17, 15) is 9.90 Å². The molecule has 0 unspecified atom stereocenters. The molecular formula is C19H23NO3. The van der Waals surface area contributed by atoms with Gasteiger partial charge in [0.15, 0.2) is 0 Å². The zero-order valence-corrected chi connectivity index (χ0v) is 13.4. The van der Waals surface area contributed by atoms with Crippen molar-refractivity contribution in [2.45, 2.75) is 44.8 Å². The summed E-state index contributed by atoms with van der Waals surface area (Å²) >= 11 is 0. The van der Waals surface area contributed by atoms with E-state index in [-0.39, 0.29) is 18.1 Å². The van der Waals surface area contributed by atoms with Gasteiger partial charge < -0.3 is 15.2 Å². The molecule has 2 aromatic rings. The summed E-state index contributed by atoms with van der Waals surface area (Å²) in [6, 6.07) is 11.7. The van der Waals surface area contributed by atoms with Crippen molar-refractivity contribution in [3.05, 3.63) is 42.0 Å². The maximum Gasteiger partial charge on any atom is 0.255 e. The number of hydrogen-bond donors (Lipinski definition) is 2. The van der Waals surface area contributed by atoms with Crippen molar-refractivity contribution >= 4 is 16.7 Å². The molecule has 1 saturated carbocycles. The number of ether oxygens (including phenoxy) is 1. The standard InChI is InChI=1S/C19H23NO3/c1-2-23-17-11-10-13-6-3-4-9-16(13)18(17)19(22)20-14-7-5-8-15(21)12-14/h3-4,6,9-11,14-15,21H,2,5,7-8,12H2,1H3,(H,20,22)/t14-,15+/m1/s1. The maximum atomic E-state index is 12.9. The van der Waals surface area contributed by atoms with Gasteiger partial charge in [-0.1, -0.05) is 30.3 Å². The van der Waals surface area contributed by atoms with Crippen molar-refractivity contribution in [2.24, 2.45) is 0 Å². The summed E-state index contributed by atoms with van der Waals surface area (Å²) in [5.41, 5.74) is 0.588. The number of aliphatic hydroxyl groups is 1. The van der Waals surface area contributed by atoms with Crippen molar-refractivity contribution in [1.29, 1.82) is 0 Å². The van der Waals surface area contributed by atoms with Crippen molar-refractivity contribution in [2.75, 3.05) is 6.61 Å². The Labute approximate surface area is 136 Å². The van der Waals surface area contributed by atoms with Crippen LogP contribution in [0.25, 0.3) is 10.8 Å². The molecule has 1 fully saturated rings. The van der Waals surface area contributed by atoms with E-state index in [1.807, 2.05) is 43.3 Å². The summed E-state index contributed by atoms with van der Waals surface area (Å²) in [6.07, 6.45) is 3.00. The van der Waals surface area contributed by atoms with Crippen LogP contribution in [0.2, 0.25) is 0 Å². The number of carbonyl (C=O) groups excluding carboxylic acids is 1. The van der Waals surface area contributed by atoms with Crippen LogP contribution in [0.5, 0.6) is 5.75 Å². The van der Waals surface area contributed by atoms with Crippen molar-refractivity contribution in [3.8, 4) is 5.75 Å². The number of amides is 1. The minimum atomic E-state index is -0.312. The van der Waals surface area contributed by atoms with Crippen LogP contribution in [0, 0.1) is 0 Å². The number of nitrogens with one attached hydrogen (secondary N) is 1. The fourth-order valence-corrected chi connectivity index (χ4v) is 3.31. The number of fused-ring (bicyclic) bond motifs is 1. The summed E-state index contributed by atoms with van der Waals surface area (Å²) in [4.78, 5) is 12.9. The van der Waals surface area contributed by atoms with Gasteiger partial charge in [-0.05, 0) is 49.4 Å². The summed E-state index contributed by atoms with van der Waals surface area (Å²) in [6.45, 7) is 2.43. The molecule has 122 valence electrons. The van der Waals surface area contributed by atoms with Crippen LogP contribution in [-0.4, -0.2) is 29.8 Å². The fraction of sp³-hybridized carbons (Fsp3) is 0.421. The molecule has 0 aliphatic heterocycles. The van der Waals surface area contributed by atoms with Gasteiger partial charge in [0, 0.05) is 6.04 Å². The number of benzene rings is 2. The lowest BCUT2D eigenvalue weighted by Crippen LogP contribution is -2.40. The quantitative estimate of drug-likeness (QED) is 0.911. The average Bonchev–Trinajstić information content (AvgIpc) is 2.54. The Morgan fingerprint density at radius 1 is 1.26 bits per heavy atom. The highest BCUT2D eigenvalue weighted by Gasteiger charge is 2.24. The Kier molecular flexibility index (Phi) is 4.82. The number of aliphatic hydroxyl groups excluding tert-OH is 1. The Bertz CT molecular complexity index is 698. The lowest BCUT2D eigenvalue weighted by atomic mass is 9.92. The number of rotatable bonds is 4. The third kappa shape index (κ3) is 3.48. The van der Waals surface area contributed by atoms with Gasteiger partial charge in [0.1, 0.15) is 5.75 Å². The summed E-state index contributed by atoms with van der Waals surface area (Å²) in [7, 11) is 0. The molecule has 1 aliphatic rings. The van der Waals surface area contributed by atoms with Crippen LogP contribution < -0.4 is 10.1 Å². The molecule has 1 aliphatic carbocycles. The van der Waals surface area contributed by atoms with Gasteiger partial charge in [0.25, 0.3) is 5.91 Å². The summed E-state index contributed by atoms with van der Waals surface area (Å²) < 4.78 is 5.67. The van der Waals surface area contributed by atoms with Crippen LogP contribution in [0.15, 0.2) is 36.4 Å². The molecule has 4 heteroatoms. The van der Waals surface area contributed by atoms with E-state index < -0.39 is 0 Å². The highest BCUT2D eigenvalue weighted by molar-refractivity contribution is 6.09. The first-order valence-corrected chi connectivity index (χ1v) is 8.32. The van der Waals surface area contributed by atoms with Crippen LogP contribution in [0.1, 0.15) is 43.0 Å². The SMILES string of the molecule is CCOc1ccc2ccccc2c1C(=O)N[C@@H]1CCC[C@H](O)C1. The van der Waals surface area contributed by atoms with Gasteiger partial charge in [0.2, 0.25) is 0 Å². The van der Waals surface area contributed by atoms with Crippen LogP contribution in [0.4, 0.5) is 0 Å². The van der Waals surface area contributed by atoms with Gasteiger partial charge >= 0.3 is 0 Å². The van der Waals surface area contributed by atoms with E-state index in [4.69, 9.17) is 4.74 Å². The molecule has 2 aromatic carbocycles. The molecule has 4 nitrogen and oxygen atoms in total. The molecule has 23 heavy (non-hydrogen) atoms. The van der Waals surface area contributed by atoms with Gasteiger partial charge in [-0.25, -0.2) is 0 Å². The Hall–Kier alpha value is -2.07. The number of hydrogen-bond acceptors (Lipinski definition) is 3. The summed E-state index contributed by atoms with van der Waals surface area (Å²) in [5, 5.41) is 14.8. The molecule has 3 rings (SSSR count). The van der Waals surface area contributed by atoms with Gasteiger partial charge in [-0.3, -0.25) is 4.79 Å². The Balaban J connectivity index is 1.92. The zero-order valence-electron chi connectivity index (χ0n) is 13.4. The van der Waals surface area contributed by atoms with Crippen LogP contribution in [-0.2, 0) is 0 Å². The largest absolute Gasteiger partial charge is 0.493 e. The fourth-order valence-electron chi connectivity index (χ4n) is 3.31. The Morgan fingerprint density at radius 3 is 2.87 bits per heavy atom. The third-order valence-corrected chi connectivity index (χ3v) is 4.40. The van der Waals surface area contributed by atoms with Crippen molar-refractivity contribution < 1.29 is 14.6 Å². The normalized spacial score (nSPS) is 21.1. The molecule has 0 saturated heterocycles. The minimum Gasteiger partial charge on any atom is -0.493 e. The molecule has 0 heterocycles. The van der Waals surface area contributed by atoms with Gasteiger partial charge in [-0.15, -0.1) is 0 Å². The maximum absolute atomic E-state index is 12.9. The zero-order chi connectivity index (χ0) is 16.2. The first kappa shape index (κ1) is 15.8. The van der Waals surface area contributed by atoms with Crippen LogP contribution >= 0.6 is 0 Å². The molecule has 2 atom stereocenters. The second-order valence-electron chi connectivity index (χ2n) is 6.08. The van der Waals surface area contributed by atoms with Crippen molar-refractivity contribution in [1.82, 2.24) is 5.32 Å². The molecule has 0 aromatic heterocycles. The van der Waals surface area contributed by atoms with E-state index in [1.165, 1.54) is 0 Å². The molecular weight excluding hydrogens is 290 g/mol. The first-order chi connectivity index (χ1) is 11.2. The van der Waals surface area contributed by atoms with E-state index in [0.717, 1.165) is 30.0 Å². The molecule has 1 amide bonds. The predicted octanol–water partition coefficient (Wildman–Crippen LogP) is 3.27. The highest BCUT2D eigenvalue weighted by atomic mass is 16.5. The predicted molar refractivity (Wildman–Crippen MR) is 90.8 cm³/mol. The van der Waals surface area contributed by atoms with E-state index >= 15 is 0 Å². The second-order valence-corrected chi connectivity index (χ2v) is 6.08. The average molecular weight is 313 g/mol. The lowest BCUT2D eigenvalue weighted by Gasteiger charge is -2.27. The molecule has 0 bridgehead atoms. The first-order valence-electron chi connectivity index (χ1n) is 8.32. The summed E-state index contributed by atoms with van der Waals surface area (Å²) in [5.74, 6) is 0.490. The molecule has 0 spiro atoms. The lowest BCUT2D eigenvalue weighted by molar-refractivity contribution is 0.0848. The van der Waals surface area contributed by atoms with Gasteiger partial charge in [-0.2, -0.15) is 0 Å². The Morgan fingerprint density at radius 2 is 2.09 bits per heavy atom. The van der Waals surface area contributed by atoms with E-state index in [0.29, 0.717) is 24.3 Å². The van der Waals surface area contributed by atoms with E-state index in [2.05, 4.69) is 5.32 Å². The second kappa shape index (κ2) is 7.01. The van der Waals surface area contributed by atoms with Crippen LogP contribution in [0.3, 0.4) is 0 Å². The minimum absolute atomic E-state index is 0.0275. The topological polar surface area (TPSA) is 58.6 Å². The molecule has 0 radical (unpaired) electrons. The highest BCUT2D eigenvalue weighted by Crippen LogP contribution is 2.29. The monoisotopic (exact) mass is 313 g/mol. The number of carbonyl (C=O) groups is 1.